The number of rotatable bonds is 2. The van der Waals surface area contributed by atoms with Gasteiger partial charge in [0.1, 0.15) is 0 Å². The van der Waals surface area contributed by atoms with E-state index in [4.69, 9.17) is 28.6 Å². The van der Waals surface area contributed by atoms with Crippen molar-refractivity contribution in [2.45, 2.75) is 0 Å². The molecule has 3 rings (SSSR count). The summed E-state index contributed by atoms with van der Waals surface area (Å²) in [6.45, 7) is 0. The lowest BCUT2D eigenvalue weighted by Gasteiger charge is -2.07. The predicted molar refractivity (Wildman–Crippen MR) is 90.5 cm³/mol. The third-order valence-corrected chi connectivity index (χ3v) is 4.25. The number of H-pyrrole nitrogens is 1. The topological polar surface area (TPSA) is 42.8 Å². The van der Waals surface area contributed by atoms with E-state index < -0.39 is 0 Å². The number of imidazole rings is 1. The molecule has 0 spiro atoms. The summed E-state index contributed by atoms with van der Waals surface area (Å²) in [5, 5.41) is 0.690. The molecule has 4 nitrogen and oxygen atoms in total. The van der Waals surface area contributed by atoms with Gasteiger partial charge in [-0.3, -0.25) is 4.57 Å². The van der Waals surface area contributed by atoms with Gasteiger partial charge in [-0.1, -0.05) is 11.6 Å². The minimum atomic E-state index is 0.546. The Morgan fingerprint density at radius 1 is 1.35 bits per heavy atom. The third-order valence-electron chi connectivity index (χ3n) is 2.87. The summed E-state index contributed by atoms with van der Waals surface area (Å²) >= 11 is 13.6. The first kappa shape index (κ1) is 13.8. The molecule has 0 amide bonds. The molecule has 102 valence electrons. The smallest absolute Gasteiger partial charge is 0.215 e. The van der Waals surface area contributed by atoms with Gasteiger partial charge in [-0.05, 0) is 59.1 Å². The van der Waals surface area contributed by atoms with Gasteiger partial charge in [-0.2, -0.15) is 4.98 Å². The monoisotopic (exact) mass is 417 g/mol. The zero-order valence-electron chi connectivity index (χ0n) is 10.4. The van der Waals surface area contributed by atoms with E-state index in [-0.39, 0.29) is 0 Å². The number of nitrogens with zero attached hydrogens (tertiary/aromatic N) is 2. The molecule has 0 aliphatic carbocycles. The first-order chi connectivity index (χ1) is 9.60. The van der Waals surface area contributed by atoms with Crippen molar-refractivity contribution in [1.29, 1.82) is 0 Å². The van der Waals surface area contributed by atoms with Gasteiger partial charge in [0.05, 0.1) is 18.3 Å². The Morgan fingerprint density at radius 3 is 2.85 bits per heavy atom. The Bertz CT molecular complexity index is 858. The van der Waals surface area contributed by atoms with E-state index in [1.165, 1.54) is 0 Å². The van der Waals surface area contributed by atoms with Gasteiger partial charge in [-0.15, -0.1) is 0 Å². The first-order valence-corrected chi connectivity index (χ1v) is 7.58. The highest BCUT2D eigenvalue weighted by atomic mass is 127. The van der Waals surface area contributed by atoms with Crippen molar-refractivity contribution in [1.82, 2.24) is 14.5 Å². The number of benzene rings is 1. The average Bonchev–Trinajstić information content (AvgIpc) is 2.74. The summed E-state index contributed by atoms with van der Waals surface area (Å²) in [6, 6.07) is 9.34. The molecule has 1 N–H and O–H groups in total. The van der Waals surface area contributed by atoms with Crippen LogP contribution in [0.2, 0.25) is 5.02 Å². The molecule has 0 saturated carbocycles. The number of methoxy groups -OCH3 is 1. The first-order valence-electron chi connectivity index (χ1n) is 5.71. The molecule has 0 aliphatic heterocycles. The molecule has 0 atom stereocenters. The Balaban J connectivity index is 2.34. The predicted octanol–water partition coefficient (Wildman–Crippen LogP) is 4.35. The fourth-order valence-corrected chi connectivity index (χ4v) is 3.37. The molecule has 20 heavy (non-hydrogen) atoms. The minimum Gasteiger partial charge on any atom is -0.481 e. The molecule has 2 aromatic heterocycles. The molecular formula is C13H9ClIN3OS. The van der Waals surface area contributed by atoms with Gasteiger partial charge in [0, 0.05) is 14.7 Å². The maximum absolute atomic E-state index is 6.00. The number of aromatic nitrogens is 3. The highest BCUT2D eigenvalue weighted by Crippen LogP contribution is 2.26. The van der Waals surface area contributed by atoms with Crippen LogP contribution in [-0.4, -0.2) is 21.6 Å². The van der Waals surface area contributed by atoms with E-state index in [1.807, 2.05) is 28.8 Å². The zero-order chi connectivity index (χ0) is 14.3. The maximum Gasteiger partial charge on any atom is 0.215 e. The number of nitrogens with one attached hydrogen (secondary N) is 1. The number of fused-ring (bicyclic) bond motifs is 1. The highest BCUT2D eigenvalue weighted by Gasteiger charge is 2.12. The second-order valence-corrected chi connectivity index (χ2v) is 6.07. The molecule has 2 heterocycles. The van der Waals surface area contributed by atoms with Crippen LogP contribution in [-0.2, 0) is 0 Å². The molecular weight excluding hydrogens is 409 g/mol. The maximum atomic E-state index is 6.00. The summed E-state index contributed by atoms with van der Waals surface area (Å²) in [7, 11) is 1.59. The van der Waals surface area contributed by atoms with E-state index >= 15 is 0 Å². The average molecular weight is 418 g/mol. The molecule has 1 aromatic carbocycles. The largest absolute Gasteiger partial charge is 0.481 e. The van der Waals surface area contributed by atoms with Crippen LogP contribution in [0, 0.1) is 8.34 Å². The molecule has 0 radical (unpaired) electrons. The van der Waals surface area contributed by atoms with Crippen molar-refractivity contribution in [2.24, 2.45) is 0 Å². The van der Waals surface area contributed by atoms with Gasteiger partial charge in [0.25, 0.3) is 0 Å². The number of halogens is 2. The standard InChI is InChI=1S/C13H9ClIN3OS/c1-19-11-5-3-9-12(17-11)18(13(20)16-9)10-4-2-7(14)6-8(10)15/h2-6H,1H3,(H,16,20). The normalized spacial score (nSPS) is 10.9. The van der Waals surface area contributed by atoms with Crippen molar-refractivity contribution in [2.75, 3.05) is 7.11 Å². The SMILES string of the molecule is COc1ccc2[nH]c(=S)n(-c3ccc(Cl)cc3I)c2n1. The Hall–Kier alpha value is -1.12. The van der Waals surface area contributed by atoms with Gasteiger partial charge in [0.15, 0.2) is 10.4 Å². The van der Waals surface area contributed by atoms with E-state index in [9.17, 15) is 0 Å². The molecule has 0 unspecified atom stereocenters. The van der Waals surface area contributed by atoms with Crippen LogP contribution in [0.1, 0.15) is 0 Å². The van der Waals surface area contributed by atoms with Crippen molar-refractivity contribution >= 4 is 57.6 Å². The fraction of sp³-hybridized carbons (Fsp3) is 0.0769. The van der Waals surface area contributed by atoms with Crippen molar-refractivity contribution in [3.8, 4) is 11.6 Å². The second kappa shape index (κ2) is 5.34. The molecule has 0 fully saturated rings. The highest BCUT2D eigenvalue weighted by molar-refractivity contribution is 14.1. The third kappa shape index (κ3) is 2.32. The van der Waals surface area contributed by atoms with Crippen LogP contribution in [0.4, 0.5) is 0 Å². The lowest BCUT2D eigenvalue weighted by molar-refractivity contribution is 0.399. The summed E-state index contributed by atoms with van der Waals surface area (Å²) in [6.07, 6.45) is 0. The van der Waals surface area contributed by atoms with Crippen LogP contribution >= 0.6 is 46.4 Å². The molecule has 7 heteroatoms. The lowest BCUT2D eigenvalue weighted by Crippen LogP contribution is -1.99. The van der Waals surface area contributed by atoms with E-state index in [0.717, 1.165) is 20.4 Å². The van der Waals surface area contributed by atoms with Crippen LogP contribution < -0.4 is 4.74 Å². The molecule has 0 bridgehead atoms. The Kier molecular flexibility index (Phi) is 3.70. The number of ether oxygens (including phenoxy) is 1. The van der Waals surface area contributed by atoms with Crippen LogP contribution in [0.25, 0.3) is 16.9 Å². The van der Waals surface area contributed by atoms with Gasteiger partial charge >= 0.3 is 0 Å². The Morgan fingerprint density at radius 2 is 2.15 bits per heavy atom. The Labute approximate surface area is 138 Å². The second-order valence-electron chi connectivity index (χ2n) is 4.09. The number of hydrogen-bond acceptors (Lipinski definition) is 3. The lowest BCUT2D eigenvalue weighted by atomic mass is 10.3. The van der Waals surface area contributed by atoms with Gasteiger partial charge < -0.3 is 9.72 Å². The van der Waals surface area contributed by atoms with Crippen molar-refractivity contribution in [3.63, 3.8) is 0 Å². The quantitative estimate of drug-likeness (QED) is 0.498. The van der Waals surface area contributed by atoms with Crippen molar-refractivity contribution < 1.29 is 4.74 Å². The van der Waals surface area contributed by atoms with Gasteiger partial charge in [-0.25, -0.2) is 0 Å². The zero-order valence-corrected chi connectivity index (χ0v) is 14.1. The summed E-state index contributed by atoms with van der Waals surface area (Å²) in [5.74, 6) is 0.546. The minimum absolute atomic E-state index is 0.546. The number of aromatic amines is 1. The summed E-state index contributed by atoms with van der Waals surface area (Å²) in [5.41, 5.74) is 2.53. The van der Waals surface area contributed by atoms with Gasteiger partial charge in [0.2, 0.25) is 5.88 Å². The molecule has 0 aliphatic rings. The number of hydrogen-bond donors (Lipinski definition) is 1. The summed E-state index contributed by atoms with van der Waals surface area (Å²) in [4.78, 5) is 7.60. The summed E-state index contributed by atoms with van der Waals surface area (Å²) < 4.78 is 8.64. The number of pyridine rings is 1. The molecule has 0 saturated heterocycles. The molecule has 3 aromatic rings. The van der Waals surface area contributed by atoms with E-state index in [1.54, 1.807) is 13.2 Å². The van der Waals surface area contributed by atoms with Crippen LogP contribution in [0.15, 0.2) is 30.3 Å². The van der Waals surface area contributed by atoms with E-state index in [2.05, 4.69) is 32.6 Å². The van der Waals surface area contributed by atoms with Crippen LogP contribution in [0.5, 0.6) is 5.88 Å². The van der Waals surface area contributed by atoms with Crippen molar-refractivity contribution in [3.05, 3.63) is 43.7 Å². The van der Waals surface area contributed by atoms with E-state index in [0.29, 0.717) is 15.7 Å². The van der Waals surface area contributed by atoms with Crippen LogP contribution in [0.3, 0.4) is 0 Å². The fourth-order valence-electron chi connectivity index (χ4n) is 1.97.